The number of benzene rings is 1. The number of carbonyl (C=O) groups excluding carboxylic acids is 1. The quantitative estimate of drug-likeness (QED) is 0.653. The van der Waals surface area contributed by atoms with Gasteiger partial charge in [-0.1, -0.05) is 35.5 Å². The lowest BCUT2D eigenvalue weighted by Crippen LogP contribution is -2.28. The van der Waals surface area contributed by atoms with E-state index in [0.29, 0.717) is 31.0 Å². The van der Waals surface area contributed by atoms with Gasteiger partial charge in [0.25, 0.3) is 0 Å². The lowest BCUT2D eigenvalue weighted by Gasteiger charge is -2.18. The smallest absolute Gasteiger partial charge is 0.227 e. The van der Waals surface area contributed by atoms with E-state index in [2.05, 4.69) is 21.5 Å². The largest absolute Gasteiger partial charge is 0.349 e. The minimum atomic E-state index is -0.174. The van der Waals surface area contributed by atoms with Crippen LogP contribution >= 0.6 is 11.3 Å². The molecule has 0 saturated heterocycles. The number of hydrogen-bond donors (Lipinski definition) is 1. The number of hydrogen-bond acceptors (Lipinski definition) is 6. The summed E-state index contributed by atoms with van der Waals surface area (Å²) >= 11 is 1.56. The molecule has 1 atom stereocenters. The van der Waals surface area contributed by atoms with Crippen LogP contribution < -0.4 is 5.32 Å². The normalized spacial score (nSPS) is 11.7. The number of thiophene rings is 1. The monoisotopic (exact) mass is 366 g/mol. The second-order valence-electron chi connectivity index (χ2n) is 5.75. The molecule has 1 aromatic carbocycles. The van der Waals surface area contributed by atoms with Crippen LogP contribution in [0.4, 0.5) is 0 Å². The van der Waals surface area contributed by atoms with E-state index >= 15 is 0 Å². The molecule has 1 N–H and O–H groups in total. The van der Waals surface area contributed by atoms with Gasteiger partial charge in [-0.15, -0.1) is 0 Å². The van der Waals surface area contributed by atoms with Gasteiger partial charge in [-0.25, -0.2) is 0 Å². The Labute approximate surface area is 155 Å². The number of amides is 1. The first-order chi connectivity index (χ1) is 12.8. The van der Waals surface area contributed by atoms with Crippen molar-refractivity contribution < 1.29 is 9.32 Å². The van der Waals surface area contributed by atoms with Crippen LogP contribution in [0.1, 0.15) is 36.8 Å². The average Bonchev–Trinajstić information content (AvgIpc) is 3.35. The standard InChI is InChI=1S/C19H18N4O2S/c20-11-4-7-16(14-5-2-1-3-6-14)21-17(24)8-9-18-22-19(23-25-18)15-10-12-26-13-15/h1-3,5-6,10,12-13,16H,4,7-9H2,(H,21,24). The molecule has 132 valence electrons. The first-order valence-corrected chi connectivity index (χ1v) is 9.27. The molecule has 0 aliphatic carbocycles. The number of aryl methyl sites for hydroxylation is 1. The zero-order valence-corrected chi connectivity index (χ0v) is 14.9. The summed E-state index contributed by atoms with van der Waals surface area (Å²) in [6.45, 7) is 0. The molecule has 1 unspecified atom stereocenters. The number of aromatic nitrogens is 2. The van der Waals surface area contributed by atoms with Gasteiger partial charge < -0.3 is 9.84 Å². The van der Waals surface area contributed by atoms with Crippen LogP contribution in [0.15, 0.2) is 51.7 Å². The van der Waals surface area contributed by atoms with Gasteiger partial charge in [-0.3, -0.25) is 4.79 Å². The van der Waals surface area contributed by atoms with Crippen molar-refractivity contribution in [2.24, 2.45) is 0 Å². The number of nitriles is 1. The predicted octanol–water partition coefficient (Wildman–Crippen LogP) is 3.89. The maximum atomic E-state index is 12.3. The van der Waals surface area contributed by atoms with Gasteiger partial charge in [0.05, 0.1) is 12.1 Å². The van der Waals surface area contributed by atoms with Gasteiger partial charge in [0.2, 0.25) is 17.6 Å². The third-order valence-corrected chi connectivity index (χ3v) is 4.58. The van der Waals surface area contributed by atoms with E-state index in [1.54, 1.807) is 11.3 Å². The lowest BCUT2D eigenvalue weighted by molar-refractivity contribution is -0.121. The van der Waals surface area contributed by atoms with E-state index in [9.17, 15) is 4.79 Å². The van der Waals surface area contributed by atoms with Crippen molar-refractivity contribution in [2.75, 3.05) is 0 Å². The van der Waals surface area contributed by atoms with Gasteiger partial charge in [0.15, 0.2) is 0 Å². The van der Waals surface area contributed by atoms with Crippen molar-refractivity contribution in [1.29, 1.82) is 5.26 Å². The van der Waals surface area contributed by atoms with Crippen molar-refractivity contribution in [3.63, 3.8) is 0 Å². The highest BCUT2D eigenvalue weighted by atomic mass is 32.1. The van der Waals surface area contributed by atoms with Crippen LogP contribution in [0.2, 0.25) is 0 Å². The maximum Gasteiger partial charge on any atom is 0.227 e. The molecule has 0 spiro atoms. The first kappa shape index (κ1) is 17.8. The van der Waals surface area contributed by atoms with Crippen molar-refractivity contribution in [2.45, 2.75) is 31.7 Å². The van der Waals surface area contributed by atoms with Crippen LogP contribution in [-0.2, 0) is 11.2 Å². The number of nitrogens with one attached hydrogen (secondary N) is 1. The van der Waals surface area contributed by atoms with Crippen molar-refractivity contribution in [3.05, 3.63) is 58.6 Å². The fourth-order valence-electron chi connectivity index (χ4n) is 2.57. The summed E-state index contributed by atoms with van der Waals surface area (Å²) < 4.78 is 5.21. The Morgan fingerprint density at radius 3 is 2.88 bits per heavy atom. The molecule has 7 heteroatoms. The topological polar surface area (TPSA) is 91.8 Å². The summed E-state index contributed by atoms with van der Waals surface area (Å²) in [6.07, 6.45) is 1.59. The Balaban J connectivity index is 1.56. The number of carbonyl (C=O) groups is 1. The number of rotatable bonds is 8. The molecule has 0 aliphatic rings. The molecule has 0 bridgehead atoms. The van der Waals surface area contributed by atoms with Gasteiger partial charge in [-0.2, -0.15) is 21.6 Å². The highest BCUT2D eigenvalue weighted by Crippen LogP contribution is 2.20. The predicted molar refractivity (Wildman–Crippen MR) is 98.1 cm³/mol. The van der Waals surface area contributed by atoms with Crippen molar-refractivity contribution in [1.82, 2.24) is 15.5 Å². The SMILES string of the molecule is N#CCCC(NC(=O)CCc1nc(-c2ccsc2)no1)c1ccccc1. The second kappa shape index (κ2) is 8.92. The van der Waals surface area contributed by atoms with Gasteiger partial charge in [0.1, 0.15) is 0 Å². The summed E-state index contributed by atoms with van der Waals surface area (Å²) in [7, 11) is 0. The van der Waals surface area contributed by atoms with E-state index in [-0.39, 0.29) is 18.4 Å². The van der Waals surface area contributed by atoms with Crippen molar-refractivity contribution >= 4 is 17.2 Å². The minimum absolute atomic E-state index is 0.105. The van der Waals surface area contributed by atoms with Crippen LogP contribution in [-0.4, -0.2) is 16.0 Å². The average molecular weight is 366 g/mol. The minimum Gasteiger partial charge on any atom is -0.349 e. The maximum absolute atomic E-state index is 12.3. The Morgan fingerprint density at radius 2 is 2.15 bits per heavy atom. The van der Waals surface area contributed by atoms with E-state index in [0.717, 1.165) is 11.1 Å². The Bertz CT molecular complexity index is 869. The highest BCUT2D eigenvalue weighted by Gasteiger charge is 2.16. The molecule has 6 nitrogen and oxygen atoms in total. The number of nitrogens with zero attached hydrogens (tertiary/aromatic N) is 3. The van der Waals surface area contributed by atoms with Crippen LogP contribution in [0.3, 0.4) is 0 Å². The third kappa shape index (κ3) is 4.77. The molecule has 2 aromatic heterocycles. The Morgan fingerprint density at radius 1 is 1.31 bits per heavy atom. The molecule has 3 aromatic rings. The molecule has 2 heterocycles. The molecular formula is C19H18N4O2S. The highest BCUT2D eigenvalue weighted by molar-refractivity contribution is 7.08. The van der Waals surface area contributed by atoms with Crippen molar-refractivity contribution in [3.8, 4) is 17.5 Å². The summed E-state index contributed by atoms with van der Waals surface area (Å²) in [5.41, 5.74) is 1.91. The molecular weight excluding hydrogens is 348 g/mol. The molecule has 0 radical (unpaired) electrons. The third-order valence-electron chi connectivity index (χ3n) is 3.90. The summed E-state index contributed by atoms with van der Waals surface area (Å²) in [4.78, 5) is 16.6. The van der Waals surface area contributed by atoms with Gasteiger partial charge in [-0.05, 0) is 23.4 Å². The molecule has 0 aliphatic heterocycles. The molecule has 1 amide bonds. The zero-order chi connectivity index (χ0) is 18.2. The van der Waals surface area contributed by atoms with E-state index in [1.165, 1.54) is 0 Å². The summed E-state index contributed by atoms with van der Waals surface area (Å²) in [5.74, 6) is 0.875. The molecule has 0 saturated carbocycles. The van der Waals surface area contributed by atoms with E-state index in [1.807, 2.05) is 47.2 Å². The van der Waals surface area contributed by atoms with Gasteiger partial charge >= 0.3 is 0 Å². The Hall–Kier alpha value is -2.98. The summed E-state index contributed by atoms with van der Waals surface area (Å²) in [5, 5.41) is 19.7. The molecule has 3 rings (SSSR count). The van der Waals surface area contributed by atoms with Crippen LogP contribution in [0.5, 0.6) is 0 Å². The van der Waals surface area contributed by atoms with Crippen LogP contribution in [0.25, 0.3) is 11.4 Å². The summed E-state index contributed by atoms with van der Waals surface area (Å²) in [6, 6.07) is 13.6. The van der Waals surface area contributed by atoms with Crippen LogP contribution in [0, 0.1) is 11.3 Å². The Kier molecular flexibility index (Phi) is 6.12. The molecule has 26 heavy (non-hydrogen) atoms. The lowest BCUT2D eigenvalue weighted by atomic mass is 10.0. The zero-order valence-electron chi connectivity index (χ0n) is 14.1. The first-order valence-electron chi connectivity index (χ1n) is 8.32. The fourth-order valence-corrected chi connectivity index (χ4v) is 3.20. The van der Waals surface area contributed by atoms with Gasteiger partial charge in [0, 0.05) is 30.2 Å². The van der Waals surface area contributed by atoms with E-state index in [4.69, 9.17) is 9.78 Å². The molecule has 0 fully saturated rings. The van der Waals surface area contributed by atoms with E-state index < -0.39 is 0 Å². The fraction of sp³-hybridized carbons (Fsp3) is 0.263. The second-order valence-corrected chi connectivity index (χ2v) is 6.53.